The molecule has 1 aromatic carbocycles. The maximum absolute atomic E-state index is 13.6. The molecule has 96 valence electrons. The van der Waals surface area contributed by atoms with E-state index in [0.29, 0.717) is 23.5 Å². The highest BCUT2D eigenvalue weighted by Gasteiger charge is 2.11. The second kappa shape index (κ2) is 4.68. The topological polar surface area (TPSA) is 56.7 Å². The number of aryl methyl sites for hydroxylation is 2. The van der Waals surface area contributed by atoms with Gasteiger partial charge >= 0.3 is 0 Å². The van der Waals surface area contributed by atoms with Crippen molar-refractivity contribution >= 4 is 17.0 Å². The van der Waals surface area contributed by atoms with Crippen molar-refractivity contribution in [2.75, 3.05) is 5.73 Å². The van der Waals surface area contributed by atoms with E-state index in [1.54, 1.807) is 12.3 Å². The van der Waals surface area contributed by atoms with Gasteiger partial charge in [0, 0.05) is 24.9 Å². The van der Waals surface area contributed by atoms with Gasteiger partial charge in [-0.3, -0.25) is 4.98 Å². The molecule has 19 heavy (non-hydrogen) atoms. The third kappa shape index (κ3) is 2.14. The molecule has 0 fully saturated rings. The Labute approximate surface area is 109 Å². The molecule has 0 aliphatic carbocycles. The van der Waals surface area contributed by atoms with Gasteiger partial charge in [0.05, 0.1) is 5.52 Å². The Bertz CT molecular complexity index is 706. The highest BCUT2D eigenvalue weighted by Crippen LogP contribution is 2.20. The lowest BCUT2D eigenvalue weighted by Gasteiger charge is -2.05. The molecule has 0 spiro atoms. The summed E-state index contributed by atoms with van der Waals surface area (Å²) in [6.45, 7) is 0.628. The second-order valence-electron chi connectivity index (χ2n) is 4.30. The first kappa shape index (κ1) is 11.6. The number of pyridine rings is 1. The van der Waals surface area contributed by atoms with Crippen LogP contribution >= 0.6 is 0 Å². The molecule has 3 aromatic rings. The lowest BCUT2D eigenvalue weighted by atomic mass is 10.2. The smallest absolute Gasteiger partial charge is 0.201 e. The number of rotatable bonds is 3. The summed E-state index contributed by atoms with van der Waals surface area (Å²) in [4.78, 5) is 8.33. The number of aromatic nitrogens is 3. The molecule has 2 N–H and O–H groups in total. The van der Waals surface area contributed by atoms with Crippen molar-refractivity contribution in [3.05, 3.63) is 54.1 Å². The fourth-order valence-electron chi connectivity index (χ4n) is 2.14. The standard InChI is InChI=1S/C14H13FN4/c15-11-5-3-6-12-13(11)18-14(16)19(12)9-7-10-4-1-2-8-17-10/h1-6,8H,7,9H2,(H2,16,18). The van der Waals surface area contributed by atoms with Crippen LogP contribution in [0.1, 0.15) is 5.69 Å². The van der Waals surface area contributed by atoms with Crippen LogP contribution in [0.2, 0.25) is 0 Å². The Morgan fingerprint density at radius 2 is 2.05 bits per heavy atom. The molecule has 2 aromatic heterocycles. The maximum Gasteiger partial charge on any atom is 0.201 e. The van der Waals surface area contributed by atoms with E-state index in [-0.39, 0.29) is 5.82 Å². The van der Waals surface area contributed by atoms with Crippen LogP contribution in [0.4, 0.5) is 10.3 Å². The number of hydrogen-bond donors (Lipinski definition) is 1. The lowest BCUT2D eigenvalue weighted by molar-refractivity contribution is 0.637. The van der Waals surface area contributed by atoms with Gasteiger partial charge in [-0.25, -0.2) is 9.37 Å². The molecule has 4 nitrogen and oxygen atoms in total. The van der Waals surface area contributed by atoms with Crippen LogP contribution in [0.15, 0.2) is 42.6 Å². The summed E-state index contributed by atoms with van der Waals surface area (Å²) in [7, 11) is 0. The van der Waals surface area contributed by atoms with E-state index in [1.165, 1.54) is 6.07 Å². The van der Waals surface area contributed by atoms with Gasteiger partial charge < -0.3 is 10.3 Å². The van der Waals surface area contributed by atoms with Crippen molar-refractivity contribution in [3.8, 4) is 0 Å². The molecule has 0 aliphatic rings. The van der Waals surface area contributed by atoms with Crippen LogP contribution in [0.5, 0.6) is 0 Å². The first-order valence-electron chi connectivity index (χ1n) is 6.06. The van der Waals surface area contributed by atoms with Crippen molar-refractivity contribution in [2.24, 2.45) is 0 Å². The molecule has 0 aliphatic heterocycles. The minimum Gasteiger partial charge on any atom is -0.369 e. The average molecular weight is 256 g/mol. The van der Waals surface area contributed by atoms with E-state index in [0.717, 1.165) is 12.1 Å². The summed E-state index contributed by atoms with van der Waals surface area (Å²) < 4.78 is 15.4. The Hall–Kier alpha value is -2.43. The molecular formula is C14H13FN4. The first-order valence-corrected chi connectivity index (χ1v) is 6.06. The van der Waals surface area contributed by atoms with Gasteiger partial charge in [0.15, 0.2) is 5.82 Å². The van der Waals surface area contributed by atoms with Crippen LogP contribution in [-0.2, 0) is 13.0 Å². The highest BCUT2D eigenvalue weighted by atomic mass is 19.1. The zero-order valence-electron chi connectivity index (χ0n) is 10.3. The van der Waals surface area contributed by atoms with E-state index >= 15 is 0 Å². The number of halogens is 1. The minimum absolute atomic E-state index is 0.320. The van der Waals surface area contributed by atoms with Crippen molar-refractivity contribution in [1.29, 1.82) is 0 Å². The van der Waals surface area contributed by atoms with Crippen molar-refractivity contribution in [2.45, 2.75) is 13.0 Å². The number of imidazole rings is 1. The normalized spacial score (nSPS) is 11.0. The van der Waals surface area contributed by atoms with Crippen molar-refractivity contribution in [3.63, 3.8) is 0 Å². The molecule has 0 amide bonds. The van der Waals surface area contributed by atoms with E-state index in [4.69, 9.17) is 5.73 Å². The Balaban J connectivity index is 1.93. The minimum atomic E-state index is -0.346. The molecule has 2 heterocycles. The van der Waals surface area contributed by atoms with Gasteiger partial charge in [-0.15, -0.1) is 0 Å². The highest BCUT2D eigenvalue weighted by molar-refractivity contribution is 5.78. The van der Waals surface area contributed by atoms with Crippen LogP contribution < -0.4 is 5.73 Å². The predicted octanol–water partition coefficient (Wildman–Crippen LogP) is 2.40. The second-order valence-corrected chi connectivity index (χ2v) is 4.30. The summed E-state index contributed by atoms with van der Waals surface area (Å²) in [5.41, 5.74) is 7.86. The van der Waals surface area contributed by atoms with Gasteiger partial charge in [-0.2, -0.15) is 0 Å². The van der Waals surface area contributed by atoms with Crippen LogP contribution in [0, 0.1) is 5.82 Å². The zero-order chi connectivity index (χ0) is 13.2. The number of nitrogen functional groups attached to an aromatic ring is 1. The lowest BCUT2D eigenvalue weighted by Crippen LogP contribution is -2.06. The molecule has 0 saturated carbocycles. The molecule has 0 atom stereocenters. The average Bonchev–Trinajstić information content (AvgIpc) is 2.75. The summed E-state index contributed by atoms with van der Waals surface area (Å²) in [6, 6.07) is 10.6. The quantitative estimate of drug-likeness (QED) is 0.782. The van der Waals surface area contributed by atoms with Crippen molar-refractivity contribution < 1.29 is 4.39 Å². The molecule has 0 saturated heterocycles. The molecule has 0 bridgehead atoms. The van der Waals surface area contributed by atoms with Gasteiger partial charge in [0.1, 0.15) is 5.52 Å². The van der Waals surface area contributed by atoms with Gasteiger partial charge in [-0.05, 0) is 24.3 Å². The Morgan fingerprint density at radius 1 is 1.16 bits per heavy atom. The third-order valence-corrected chi connectivity index (χ3v) is 3.08. The van der Waals surface area contributed by atoms with Crippen LogP contribution in [-0.4, -0.2) is 14.5 Å². The number of benzene rings is 1. The number of nitrogens with two attached hydrogens (primary N) is 1. The van der Waals surface area contributed by atoms with Crippen LogP contribution in [0.25, 0.3) is 11.0 Å². The van der Waals surface area contributed by atoms with E-state index in [2.05, 4.69) is 9.97 Å². The van der Waals surface area contributed by atoms with E-state index in [9.17, 15) is 4.39 Å². The van der Waals surface area contributed by atoms with Gasteiger partial charge in [0.2, 0.25) is 5.95 Å². The summed E-state index contributed by atoms with van der Waals surface area (Å²) >= 11 is 0. The number of nitrogens with zero attached hydrogens (tertiary/aromatic N) is 3. The predicted molar refractivity (Wildman–Crippen MR) is 72.0 cm³/mol. The largest absolute Gasteiger partial charge is 0.369 e. The number of hydrogen-bond acceptors (Lipinski definition) is 3. The molecule has 0 unspecified atom stereocenters. The van der Waals surface area contributed by atoms with Crippen LogP contribution in [0.3, 0.4) is 0 Å². The summed E-state index contributed by atoms with van der Waals surface area (Å²) in [5, 5.41) is 0. The summed E-state index contributed by atoms with van der Waals surface area (Å²) in [6.07, 6.45) is 2.48. The van der Waals surface area contributed by atoms with Gasteiger partial charge in [-0.1, -0.05) is 12.1 Å². The zero-order valence-corrected chi connectivity index (χ0v) is 10.3. The Morgan fingerprint density at radius 3 is 2.84 bits per heavy atom. The fraction of sp³-hybridized carbons (Fsp3) is 0.143. The number of fused-ring (bicyclic) bond motifs is 1. The number of para-hydroxylation sites is 1. The SMILES string of the molecule is Nc1nc2c(F)cccc2n1CCc1ccccn1. The molecule has 5 heteroatoms. The monoisotopic (exact) mass is 256 g/mol. The van der Waals surface area contributed by atoms with Gasteiger partial charge in [0.25, 0.3) is 0 Å². The molecule has 3 rings (SSSR count). The van der Waals surface area contributed by atoms with E-state index in [1.807, 2.05) is 28.8 Å². The van der Waals surface area contributed by atoms with Crippen molar-refractivity contribution in [1.82, 2.24) is 14.5 Å². The Kier molecular flexibility index (Phi) is 2.87. The maximum atomic E-state index is 13.6. The number of anilines is 1. The summed E-state index contributed by atoms with van der Waals surface area (Å²) in [5.74, 6) is -0.0168. The molecular weight excluding hydrogens is 243 g/mol. The fourth-order valence-corrected chi connectivity index (χ4v) is 2.14. The molecule has 0 radical (unpaired) electrons. The first-order chi connectivity index (χ1) is 9.25. The van der Waals surface area contributed by atoms with E-state index < -0.39 is 0 Å². The third-order valence-electron chi connectivity index (χ3n) is 3.08.